The number of benzene rings is 1. The fourth-order valence-corrected chi connectivity index (χ4v) is 1.65. The van der Waals surface area contributed by atoms with Crippen LogP contribution in [0.25, 0.3) is 11.3 Å². The SMILES string of the molecule is COc1ccc(C(C)C)cc1-c1nonc1N. The number of hydrogen-bond acceptors (Lipinski definition) is 5. The molecule has 5 nitrogen and oxygen atoms in total. The first-order valence-corrected chi connectivity index (χ1v) is 5.39. The average Bonchev–Trinajstić information content (AvgIpc) is 2.74. The maximum Gasteiger partial charge on any atom is 0.196 e. The molecule has 0 aliphatic heterocycles. The number of nitrogens with zero attached hydrogens (tertiary/aromatic N) is 2. The highest BCUT2D eigenvalue weighted by Crippen LogP contribution is 2.34. The molecule has 0 amide bonds. The van der Waals surface area contributed by atoms with Gasteiger partial charge in [-0.1, -0.05) is 19.9 Å². The van der Waals surface area contributed by atoms with Crippen molar-refractivity contribution in [1.29, 1.82) is 0 Å². The zero-order valence-corrected chi connectivity index (χ0v) is 10.1. The predicted molar refractivity (Wildman–Crippen MR) is 64.8 cm³/mol. The minimum absolute atomic E-state index is 0.268. The standard InChI is InChI=1S/C12H15N3O2/c1-7(2)8-4-5-10(16-3)9(6-8)11-12(13)15-17-14-11/h4-7H,1-3H3,(H2,13,15). The van der Waals surface area contributed by atoms with Crippen LogP contribution in [-0.2, 0) is 0 Å². The number of methoxy groups -OCH3 is 1. The highest BCUT2D eigenvalue weighted by molar-refractivity contribution is 5.75. The van der Waals surface area contributed by atoms with Crippen LogP contribution in [-0.4, -0.2) is 17.4 Å². The number of nitrogen functional groups attached to an aromatic ring is 1. The Hall–Kier alpha value is -2.04. The lowest BCUT2D eigenvalue weighted by Gasteiger charge is -2.10. The second kappa shape index (κ2) is 4.45. The minimum atomic E-state index is 0.268. The fraction of sp³-hybridized carbons (Fsp3) is 0.333. The molecule has 1 aromatic heterocycles. The third-order valence-corrected chi connectivity index (χ3v) is 2.66. The summed E-state index contributed by atoms with van der Waals surface area (Å²) >= 11 is 0. The Bertz CT molecular complexity index is 520. The topological polar surface area (TPSA) is 74.2 Å². The Balaban J connectivity index is 2.57. The zero-order chi connectivity index (χ0) is 12.4. The molecule has 1 heterocycles. The summed E-state index contributed by atoms with van der Waals surface area (Å²) in [6.07, 6.45) is 0. The number of rotatable bonds is 3. The molecule has 0 saturated carbocycles. The van der Waals surface area contributed by atoms with Crippen LogP contribution in [0.4, 0.5) is 5.82 Å². The first-order chi connectivity index (χ1) is 8.13. The van der Waals surface area contributed by atoms with Crippen molar-refractivity contribution in [2.24, 2.45) is 0 Å². The fourth-order valence-electron chi connectivity index (χ4n) is 1.65. The lowest BCUT2D eigenvalue weighted by atomic mass is 9.99. The van der Waals surface area contributed by atoms with Crippen molar-refractivity contribution in [3.63, 3.8) is 0 Å². The highest BCUT2D eigenvalue weighted by atomic mass is 16.6. The molecule has 0 bridgehead atoms. The molecule has 0 saturated heterocycles. The first kappa shape index (κ1) is 11.4. The van der Waals surface area contributed by atoms with Gasteiger partial charge < -0.3 is 10.5 Å². The van der Waals surface area contributed by atoms with E-state index < -0.39 is 0 Å². The van der Waals surface area contributed by atoms with Crippen molar-refractivity contribution >= 4 is 5.82 Å². The number of aromatic nitrogens is 2. The monoisotopic (exact) mass is 233 g/mol. The van der Waals surface area contributed by atoms with Gasteiger partial charge in [0.2, 0.25) is 0 Å². The average molecular weight is 233 g/mol. The molecule has 2 rings (SSSR count). The molecule has 90 valence electrons. The van der Waals surface area contributed by atoms with E-state index in [2.05, 4.69) is 28.8 Å². The van der Waals surface area contributed by atoms with Gasteiger partial charge in [0.05, 0.1) is 7.11 Å². The number of hydrogen-bond donors (Lipinski definition) is 1. The Morgan fingerprint density at radius 1 is 1.29 bits per heavy atom. The Labute approximate surface area is 99.5 Å². The molecule has 2 N–H and O–H groups in total. The minimum Gasteiger partial charge on any atom is -0.496 e. The first-order valence-electron chi connectivity index (χ1n) is 5.39. The van der Waals surface area contributed by atoms with E-state index in [9.17, 15) is 0 Å². The van der Waals surface area contributed by atoms with Gasteiger partial charge in [-0.2, -0.15) is 0 Å². The maximum atomic E-state index is 5.70. The van der Waals surface area contributed by atoms with Crippen LogP contribution < -0.4 is 10.5 Å². The molecular weight excluding hydrogens is 218 g/mol. The van der Waals surface area contributed by atoms with Crippen LogP contribution in [0, 0.1) is 0 Å². The second-order valence-corrected chi connectivity index (χ2v) is 4.11. The number of ether oxygens (including phenoxy) is 1. The molecule has 1 aromatic carbocycles. The van der Waals surface area contributed by atoms with E-state index in [4.69, 9.17) is 10.5 Å². The summed E-state index contributed by atoms with van der Waals surface area (Å²) < 4.78 is 9.91. The molecule has 17 heavy (non-hydrogen) atoms. The molecule has 0 radical (unpaired) electrons. The zero-order valence-electron chi connectivity index (χ0n) is 10.1. The van der Waals surface area contributed by atoms with E-state index in [1.54, 1.807) is 7.11 Å². The number of nitrogens with two attached hydrogens (primary N) is 1. The molecule has 0 atom stereocenters. The van der Waals surface area contributed by atoms with E-state index in [-0.39, 0.29) is 5.82 Å². The van der Waals surface area contributed by atoms with Crippen molar-refractivity contribution in [1.82, 2.24) is 10.3 Å². The second-order valence-electron chi connectivity index (χ2n) is 4.11. The molecule has 5 heteroatoms. The molecule has 2 aromatic rings. The van der Waals surface area contributed by atoms with Crippen molar-refractivity contribution < 1.29 is 9.37 Å². The Morgan fingerprint density at radius 3 is 2.59 bits per heavy atom. The summed E-state index contributed by atoms with van der Waals surface area (Å²) in [5.74, 6) is 1.39. The van der Waals surface area contributed by atoms with Crippen LogP contribution in [0.5, 0.6) is 5.75 Å². The van der Waals surface area contributed by atoms with Gasteiger partial charge in [-0.3, -0.25) is 0 Å². The predicted octanol–water partition coefficient (Wildman–Crippen LogP) is 2.45. The summed E-state index contributed by atoms with van der Waals surface area (Å²) in [5.41, 5.74) is 8.20. The van der Waals surface area contributed by atoms with Crippen LogP contribution >= 0.6 is 0 Å². The van der Waals surface area contributed by atoms with E-state index in [1.807, 2.05) is 18.2 Å². The van der Waals surface area contributed by atoms with Gasteiger partial charge in [-0.05, 0) is 33.9 Å². The summed E-state index contributed by atoms with van der Waals surface area (Å²) in [4.78, 5) is 0. The molecular formula is C12H15N3O2. The Morgan fingerprint density at radius 2 is 2.06 bits per heavy atom. The van der Waals surface area contributed by atoms with Crippen LogP contribution in [0.2, 0.25) is 0 Å². The third kappa shape index (κ3) is 2.08. The highest BCUT2D eigenvalue weighted by Gasteiger charge is 2.15. The summed E-state index contributed by atoms with van der Waals surface area (Å²) in [7, 11) is 1.61. The van der Waals surface area contributed by atoms with Crippen molar-refractivity contribution in [3.8, 4) is 17.0 Å². The van der Waals surface area contributed by atoms with E-state index in [0.717, 1.165) is 5.56 Å². The van der Waals surface area contributed by atoms with Gasteiger partial charge in [0.15, 0.2) is 11.5 Å². The lowest BCUT2D eigenvalue weighted by molar-refractivity contribution is 0.310. The summed E-state index contributed by atoms with van der Waals surface area (Å²) in [6.45, 7) is 4.24. The van der Waals surface area contributed by atoms with Gasteiger partial charge in [0, 0.05) is 5.56 Å². The van der Waals surface area contributed by atoms with Crippen molar-refractivity contribution in [2.45, 2.75) is 19.8 Å². The summed E-state index contributed by atoms with van der Waals surface area (Å²) in [6, 6.07) is 5.93. The van der Waals surface area contributed by atoms with Gasteiger partial charge >= 0.3 is 0 Å². The molecule has 0 aliphatic rings. The van der Waals surface area contributed by atoms with Crippen LogP contribution in [0.1, 0.15) is 25.3 Å². The largest absolute Gasteiger partial charge is 0.496 e. The van der Waals surface area contributed by atoms with Gasteiger partial charge in [-0.25, -0.2) is 4.63 Å². The van der Waals surface area contributed by atoms with Crippen molar-refractivity contribution in [2.75, 3.05) is 12.8 Å². The molecule has 0 aliphatic carbocycles. The maximum absolute atomic E-state index is 5.70. The van der Waals surface area contributed by atoms with Crippen LogP contribution in [0.15, 0.2) is 22.8 Å². The van der Waals surface area contributed by atoms with Gasteiger partial charge in [0.1, 0.15) is 5.75 Å². The molecule has 0 unspecified atom stereocenters. The Kier molecular flexibility index (Phi) is 2.99. The quantitative estimate of drug-likeness (QED) is 0.881. The summed E-state index contributed by atoms with van der Waals surface area (Å²) in [5, 5.41) is 7.38. The van der Waals surface area contributed by atoms with Crippen LogP contribution in [0.3, 0.4) is 0 Å². The van der Waals surface area contributed by atoms with Crippen molar-refractivity contribution in [3.05, 3.63) is 23.8 Å². The van der Waals surface area contributed by atoms with Gasteiger partial charge in [0.25, 0.3) is 0 Å². The van der Waals surface area contributed by atoms with E-state index >= 15 is 0 Å². The third-order valence-electron chi connectivity index (χ3n) is 2.66. The number of anilines is 1. The lowest BCUT2D eigenvalue weighted by Crippen LogP contribution is -1.95. The normalized spacial score (nSPS) is 10.8. The molecule has 0 spiro atoms. The van der Waals surface area contributed by atoms with Gasteiger partial charge in [-0.15, -0.1) is 0 Å². The van der Waals surface area contributed by atoms with E-state index in [0.29, 0.717) is 17.4 Å². The van der Waals surface area contributed by atoms with E-state index in [1.165, 1.54) is 5.56 Å². The smallest absolute Gasteiger partial charge is 0.196 e. The molecule has 0 fully saturated rings.